The number of thiocarbonyl (C=S) groups is 1. The van der Waals surface area contributed by atoms with Crippen LogP contribution in [0, 0.1) is 6.92 Å². The summed E-state index contributed by atoms with van der Waals surface area (Å²) in [6.45, 7) is 4.82. The minimum atomic E-state index is -0.135. The molecule has 0 atom stereocenters. The van der Waals surface area contributed by atoms with Crippen molar-refractivity contribution >= 4 is 72.7 Å². The molecule has 0 aromatic heterocycles. The number of hydrogen-bond acceptors (Lipinski definition) is 5. The van der Waals surface area contributed by atoms with Gasteiger partial charge in [-0.25, -0.2) is 0 Å². The summed E-state index contributed by atoms with van der Waals surface area (Å²) in [7, 11) is 0. The maximum atomic E-state index is 13.2. The van der Waals surface area contributed by atoms with E-state index >= 15 is 0 Å². The Morgan fingerprint density at radius 1 is 1.00 bits per heavy atom. The Bertz CT molecular complexity index is 1530. The zero-order valence-corrected chi connectivity index (χ0v) is 23.6. The normalized spacial score (nSPS) is 14.6. The molecule has 1 heterocycles. The van der Waals surface area contributed by atoms with Crippen LogP contribution in [-0.4, -0.2) is 16.8 Å². The highest BCUT2D eigenvalue weighted by Crippen LogP contribution is 2.41. The molecule has 0 saturated carbocycles. The third kappa shape index (κ3) is 5.44. The molecule has 1 aliphatic heterocycles. The van der Waals surface area contributed by atoms with Crippen molar-refractivity contribution in [1.82, 2.24) is 0 Å². The second-order valence-electron chi connectivity index (χ2n) is 8.54. The molecule has 0 bridgehead atoms. The number of thioether (sulfide) groups is 1. The second-order valence-corrected chi connectivity index (χ2v) is 11.1. The number of anilines is 1. The molecule has 1 aliphatic rings. The number of hydrogen-bond donors (Lipinski definition) is 0. The summed E-state index contributed by atoms with van der Waals surface area (Å²) < 4.78 is 13.5. The second kappa shape index (κ2) is 11.1. The van der Waals surface area contributed by atoms with E-state index in [1.165, 1.54) is 17.1 Å². The van der Waals surface area contributed by atoms with Gasteiger partial charge < -0.3 is 9.47 Å². The number of ether oxygens (including phenoxy) is 2. The Labute approximate surface area is 234 Å². The van der Waals surface area contributed by atoms with Gasteiger partial charge >= 0.3 is 0 Å². The first kappa shape index (κ1) is 25.5. The smallest absolute Gasteiger partial charge is 0.270 e. The van der Waals surface area contributed by atoms with Crippen LogP contribution in [0.25, 0.3) is 16.8 Å². The first-order valence-electron chi connectivity index (χ1n) is 11.8. The molecule has 0 unspecified atom stereocenters. The lowest BCUT2D eigenvalue weighted by Gasteiger charge is -2.16. The molecule has 186 valence electrons. The fourth-order valence-corrected chi connectivity index (χ4v) is 6.05. The lowest BCUT2D eigenvalue weighted by Crippen LogP contribution is -2.27. The minimum absolute atomic E-state index is 0.135. The van der Waals surface area contributed by atoms with Crippen LogP contribution >= 0.6 is 39.9 Å². The molecule has 4 aromatic carbocycles. The van der Waals surface area contributed by atoms with E-state index < -0.39 is 0 Å². The Balaban J connectivity index is 1.42. The summed E-state index contributed by atoms with van der Waals surface area (Å²) in [6, 6.07) is 26.0. The molecule has 0 spiro atoms. The summed E-state index contributed by atoms with van der Waals surface area (Å²) in [6.07, 6.45) is 1.84. The number of benzene rings is 4. The molecule has 7 heteroatoms. The van der Waals surface area contributed by atoms with E-state index in [2.05, 4.69) is 40.2 Å². The maximum absolute atomic E-state index is 13.2. The number of fused-ring (bicyclic) bond motifs is 1. The highest BCUT2D eigenvalue weighted by molar-refractivity contribution is 9.10. The number of carbonyl (C=O) groups excluding carboxylic acids is 1. The van der Waals surface area contributed by atoms with Gasteiger partial charge in [-0.2, -0.15) is 0 Å². The molecular formula is C30H24BrNO3S2. The van der Waals surface area contributed by atoms with Crippen LogP contribution in [0.15, 0.2) is 88.2 Å². The predicted octanol–water partition coefficient (Wildman–Crippen LogP) is 8.29. The molecule has 0 radical (unpaired) electrons. The van der Waals surface area contributed by atoms with Crippen molar-refractivity contribution in [3.63, 3.8) is 0 Å². The number of aryl methyl sites for hydroxylation is 1. The van der Waals surface area contributed by atoms with Gasteiger partial charge in [0.05, 0.1) is 21.7 Å². The average Bonchev–Trinajstić information content (AvgIpc) is 3.16. The van der Waals surface area contributed by atoms with E-state index in [1.54, 1.807) is 4.90 Å². The molecule has 4 aromatic rings. The van der Waals surface area contributed by atoms with Gasteiger partial charge in [0.2, 0.25) is 0 Å². The summed E-state index contributed by atoms with van der Waals surface area (Å²) in [5, 5.41) is 2.33. The highest BCUT2D eigenvalue weighted by atomic mass is 79.9. The standard InChI is InChI=1S/C30H24BrNO3S2/c1-3-34-26-16-20(17-27-29(33)32(30(36)37-27)23-13-11-19(2)12-14-23)15-25(31)28(26)35-18-22-9-6-8-21-7-4-5-10-24(21)22/h4-17H,3,18H2,1-2H3/b27-17-. The van der Waals surface area contributed by atoms with Crippen LogP contribution in [0.5, 0.6) is 11.5 Å². The molecule has 1 amide bonds. The van der Waals surface area contributed by atoms with Gasteiger partial charge in [-0.05, 0) is 82.0 Å². The first-order chi connectivity index (χ1) is 17.9. The van der Waals surface area contributed by atoms with Crippen molar-refractivity contribution in [2.24, 2.45) is 0 Å². The number of halogens is 1. The van der Waals surface area contributed by atoms with E-state index in [0.717, 1.165) is 32.2 Å². The third-order valence-electron chi connectivity index (χ3n) is 5.97. The number of carbonyl (C=O) groups is 1. The predicted molar refractivity (Wildman–Crippen MR) is 160 cm³/mol. The van der Waals surface area contributed by atoms with Gasteiger partial charge in [-0.1, -0.05) is 84.1 Å². The summed E-state index contributed by atoms with van der Waals surface area (Å²) in [5.41, 5.74) is 3.80. The minimum Gasteiger partial charge on any atom is -0.490 e. The lowest BCUT2D eigenvalue weighted by atomic mass is 10.1. The SMILES string of the molecule is CCOc1cc(/C=C2\SC(=S)N(c3ccc(C)cc3)C2=O)cc(Br)c1OCc1cccc2ccccc12. The van der Waals surface area contributed by atoms with Crippen LogP contribution in [0.4, 0.5) is 5.69 Å². The molecule has 0 aliphatic carbocycles. The summed E-state index contributed by atoms with van der Waals surface area (Å²) in [4.78, 5) is 15.4. The lowest BCUT2D eigenvalue weighted by molar-refractivity contribution is -0.113. The van der Waals surface area contributed by atoms with E-state index in [4.69, 9.17) is 21.7 Å². The van der Waals surface area contributed by atoms with Crippen molar-refractivity contribution in [1.29, 1.82) is 0 Å². The Kier molecular flexibility index (Phi) is 7.65. The number of amides is 1. The highest BCUT2D eigenvalue weighted by Gasteiger charge is 2.33. The molecular weight excluding hydrogens is 566 g/mol. The van der Waals surface area contributed by atoms with E-state index in [-0.39, 0.29) is 5.91 Å². The Morgan fingerprint density at radius 2 is 1.76 bits per heavy atom. The van der Waals surface area contributed by atoms with Crippen LogP contribution in [0.2, 0.25) is 0 Å². The molecule has 0 N–H and O–H groups in total. The van der Waals surface area contributed by atoms with Crippen LogP contribution < -0.4 is 14.4 Å². The quantitative estimate of drug-likeness (QED) is 0.160. The fourth-order valence-electron chi connectivity index (χ4n) is 4.18. The maximum Gasteiger partial charge on any atom is 0.270 e. The summed E-state index contributed by atoms with van der Waals surface area (Å²) >= 11 is 10.5. The zero-order chi connectivity index (χ0) is 25.9. The molecule has 4 nitrogen and oxygen atoms in total. The van der Waals surface area contributed by atoms with E-state index in [9.17, 15) is 4.79 Å². The van der Waals surface area contributed by atoms with Crippen molar-refractivity contribution in [3.8, 4) is 11.5 Å². The number of nitrogens with zero attached hydrogens (tertiary/aromatic N) is 1. The molecule has 37 heavy (non-hydrogen) atoms. The first-order valence-corrected chi connectivity index (χ1v) is 13.9. The van der Waals surface area contributed by atoms with Crippen molar-refractivity contribution in [2.45, 2.75) is 20.5 Å². The zero-order valence-electron chi connectivity index (χ0n) is 20.4. The third-order valence-corrected chi connectivity index (χ3v) is 7.86. The van der Waals surface area contributed by atoms with Gasteiger partial charge in [-0.3, -0.25) is 9.69 Å². The van der Waals surface area contributed by atoms with Crippen LogP contribution in [0.1, 0.15) is 23.6 Å². The Morgan fingerprint density at radius 3 is 2.54 bits per heavy atom. The van der Waals surface area contributed by atoms with Crippen molar-refractivity contribution in [2.75, 3.05) is 11.5 Å². The van der Waals surface area contributed by atoms with E-state index in [1.807, 2.05) is 74.5 Å². The monoisotopic (exact) mass is 589 g/mol. The number of rotatable bonds is 7. The van der Waals surface area contributed by atoms with Gasteiger partial charge in [0.15, 0.2) is 15.8 Å². The van der Waals surface area contributed by atoms with Crippen LogP contribution in [0.3, 0.4) is 0 Å². The average molecular weight is 591 g/mol. The molecule has 5 rings (SSSR count). The van der Waals surface area contributed by atoms with Gasteiger partial charge in [0.25, 0.3) is 5.91 Å². The van der Waals surface area contributed by atoms with Crippen LogP contribution in [-0.2, 0) is 11.4 Å². The largest absolute Gasteiger partial charge is 0.490 e. The van der Waals surface area contributed by atoms with Crippen molar-refractivity contribution < 1.29 is 14.3 Å². The molecule has 1 saturated heterocycles. The van der Waals surface area contributed by atoms with E-state index in [0.29, 0.717) is 33.9 Å². The summed E-state index contributed by atoms with van der Waals surface area (Å²) in [5.74, 6) is 1.10. The van der Waals surface area contributed by atoms with Gasteiger partial charge in [0, 0.05) is 0 Å². The molecule has 1 fully saturated rings. The van der Waals surface area contributed by atoms with Gasteiger partial charge in [-0.15, -0.1) is 0 Å². The Hall–Kier alpha value is -3.13. The van der Waals surface area contributed by atoms with Crippen molar-refractivity contribution in [3.05, 3.63) is 105 Å². The topological polar surface area (TPSA) is 38.8 Å². The fraction of sp³-hybridized carbons (Fsp3) is 0.133. The van der Waals surface area contributed by atoms with Gasteiger partial charge in [0.1, 0.15) is 6.61 Å².